The highest BCUT2D eigenvalue weighted by Gasteiger charge is 2.25. The molecule has 1 saturated carbocycles. The number of alkyl halides is 1. The summed E-state index contributed by atoms with van der Waals surface area (Å²) in [6.45, 7) is 1.89. The fourth-order valence-electron chi connectivity index (χ4n) is 2.51. The zero-order chi connectivity index (χ0) is 13.0. The van der Waals surface area contributed by atoms with E-state index in [9.17, 15) is 4.39 Å². The summed E-state index contributed by atoms with van der Waals surface area (Å²) in [4.78, 5) is 7.95. The highest BCUT2D eigenvalue weighted by molar-refractivity contribution is 6.18. The second-order valence-electron chi connectivity index (χ2n) is 4.79. The molecule has 0 aromatic carbocycles. The molecule has 3 nitrogen and oxygen atoms in total. The summed E-state index contributed by atoms with van der Waals surface area (Å²) in [5.74, 6) is 1.02. The fraction of sp³-hybridized carbons (Fsp3) is 0.692. The van der Waals surface area contributed by atoms with E-state index in [-0.39, 0.29) is 11.9 Å². The van der Waals surface area contributed by atoms with E-state index in [0.29, 0.717) is 29.7 Å². The molecular formula is C13H19ClFN3. The third-order valence-electron chi connectivity index (χ3n) is 3.63. The number of anilines is 1. The van der Waals surface area contributed by atoms with Crippen LogP contribution in [0.15, 0.2) is 6.33 Å². The number of aryl methyl sites for hydroxylation is 1. The van der Waals surface area contributed by atoms with Crippen molar-refractivity contribution in [3.63, 3.8) is 0 Å². The van der Waals surface area contributed by atoms with Gasteiger partial charge in [-0.3, -0.25) is 0 Å². The molecule has 2 atom stereocenters. The summed E-state index contributed by atoms with van der Waals surface area (Å²) in [5.41, 5.74) is 0.464. The molecule has 100 valence electrons. The van der Waals surface area contributed by atoms with Crippen LogP contribution in [0.5, 0.6) is 0 Å². The lowest BCUT2D eigenvalue weighted by Crippen LogP contribution is -2.34. The summed E-state index contributed by atoms with van der Waals surface area (Å²) in [6, 6.07) is 0.227. The maximum absolute atomic E-state index is 14.0. The summed E-state index contributed by atoms with van der Waals surface area (Å²) in [7, 11) is 0. The van der Waals surface area contributed by atoms with Gasteiger partial charge in [0.25, 0.3) is 0 Å². The first-order chi connectivity index (χ1) is 8.76. The lowest BCUT2D eigenvalue weighted by Gasteiger charge is -2.31. The zero-order valence-electron chi connectivity index (χ0n) is 10.6. The van der Waals surface area contributed by atoms with Gasteiger partial charge in [0.1, 0.15) is 6.33 Å². The van der Waals surface area contributed by atoms with Crippen molar-refractivity contribution < 1.29 is 4.39 Å². The van der Waals surface area contributed by atoms with Crippen molar-refractivity contribution in [1.82, 2.24) is 9.97 Å². The molecule has 1 N–H and O–H groups in total. The second-order valence-corrected chi connectivity index (χ2v) is 5.09. The van der Waals surface area contributed by atoms with E-state index in [1.165, 1.54) is 19.2 Å². The van der Waals surface area contributed by atoms with E-state index in [4.69, 9.17) is 11.6 Å². The zero-order valence-corrected chi connectivity index (χ0v) is 11.4. The molecule has 0 radical (unpaired) electrons. The van der Waals surface area contributed by atoms with E-state index in [1.807, 2.05) is 6.92 Å². The maximum atomic E-state index is 14.0. The number of aromatic nitrogens is 2. The maximum Gasteiger partial charge on any atom is 0.186 e. The van der Waals surface area contributed by atoms with Crippen LogP contribution in [0, 0.1) is 11.7 Å². The molecule has 1 fully saturated rings. The summed E-state index contributed by atoms with van der Waals surface area (Å²) in [6.07, 6.45) is 6.51. The van der Waals surface area contributed by atoms with Gasteiger partial charge in [-0.05, 0) is 25.2 Å². The molecule has 0 amide bonds. The van der Waals surface area contributed by atoms with Gasteiger partial charge < -0.3 is 5.32 Å². The van der Waals surface area contributed by atoms with E-state index in [2.05, 4.69) is 15.3 Å². The van der Waals surface area contributed by atoms with Gasteiger partial charge in [-0.25, -0.2) is 14.4 Å². The Hall–Kier alpha value is -0.900. The molecule has 0 saturated heterocycles. The third-order valence-corrected chi connectivity index (χ3v) is 4.02. The Bertz CT molecular complexity index is 400. The van der Waals surface area contributed by atoms with Crippen LogP contribution >= 0.6 is 11.6 Å². The highest BCUT2D eigenvalue weighted by Crippen LogP contribution is 2.28. The largest absolute Gasteiger partial charge is 0.364 e. The van der Waals surface area contributed by atoms with Crippen LogP contribution in [0.2, 0.25) is 0 Å². The van der Waals surface area contributed by atoms with Crippen molar-refractivity contribution in [2.75, 3.05) is 11.2 Å². The molecule has 0 aliphatic heterocycles. The standard InChI is InChI=1S/C13H19ClFN3/c1-2-10-12(15)13(17-8-16-10)18-11-6-4-3-5-9(11)7-14/h8-9,11H,2-7H2,1H3,(H,16,17,18). The van der Waals surface area contributed by atoms with Crippen LogP contribution < -0.4 is 5.32 Å². The minimum absolute atomic E-state index is 0.227. The second kappa shape index (κ2) is 6.32. The molecule has 2 rings (SSSR count). The minimum Gasteiger partial charge on any atom is -0.364 e. The van der Waals surface area contributed by atoms with Gasteiger partial charge in [0.2, 0.25) is 0 Å². The van der Waals surface area contributed by atoms with Crippen molar-refractivity contribution in [3.05, 3.63) is 17.8 Å². The SMILES string of the molecule is CCc1ncnc(NC2CCCCC2CCl)c1F. The Labute approximate surface area is 112 Å². The number of rotatable bonds is 4. The normalized spacial score (nSPS) is 23.9. The number of hydrogen-bond acceptors (Lipinski definition) is 3. The van der Waals surface area contributed by atoms with Gasteiger partial charge in [-0.2, -0.15) is 0 Å². The van der Waals surface area contributed by atoms with Crippen LogP contribution in [-0.2, 0) is 6.42 Å². The Kier molecular flexibility index (Phi) is 4.75. The summed E-state index contributed by atoms with van der Waals surface area (Å²) in [5, 5.41) is 3.21. The molecule has 5 heteroatoms. The first kappa shape index (κ1) is 13.5. The van der Waals surface area contributed by atoms with Crippen molar-refractivity contribution in [2.45, 2.75) is 45.1 Å². The van der Waals surface area contributed by atoms with Gasteiger partial charge in [0, 0.05) is 11.9 Å². The molecule has 1 aromatic heterocycles. The summed E-state index contributed by atoms with van der Waals surface area (Å²) >= 11 is 5.97. The van der Waals surface area contributed by atoms with E-state index in [1.54, 1.807) is 0 Å². The molecule has 1 aliphatic carbocycles. The number of halogens is 2. The molecular weight excluding hydrogens is 253 g/mol. The molecule has 0 bridgehead atoms. The van der Waals surface area contributed by atoms with Crippen LogP contribution in [0.1, 0.15) is 38.3 Å². The fourth-order valence-corrected chi connectivity index (χ4v) is 2.88. The predicted octanol–water partition coefficient (Wildman–Crippen LogP) is 3.39. The van der Waals surface area contributed by atoms with Crippen molar-refractivity contribution in [2.24, 2.45) is 5.92 Å². The number of nitrogens with zero attached hydrogens (tertiary/aromatic N) is 2. The third kappa shape index (κ3) is 2.91. The van der Waals surface area contributed by atoms with Crippen molar-refractivity contribution in [3.8, 4) is 0 Å². The number of hydrogen-bond donors (Lipinski definition) is 1. The molecule has 18 heavy (non-hydrogen) atoms. The summed E-state index contributed by atoms with van der Waals surface area (Å²) < 4.78 is 14.0. The van der Waals surface area contributed by atoms with Crippen LogP contribution in [0.3, 0.4) is 0 Å². The van der Waals surface area contributed by atoms with Crippen LogP contribution in [0.4, 0.5) is 10.2 Å². The van der Waals surface area contributed by atoms with Gasteiger partial charge >= 0.3 is 0 Å². The molecule has 2 unspecified atom stereocenters. The van der Waals surface area contributed by atoms with Gasteiger partial charge in [-0.15, -0.1) is 11.6 Å². The molecule has 0 spiro atoms. The predicted molar refractivity (Wildman–Crippen MR) is 71.5 cm³/mol. The molecule has 1 heterocycles. The van der Waals surface area contributed by atoms with E-state index < -0.39 is 0 Å². The molecule has 1 aromatic rings. The topological polar surface area (TPSA) is 37.8 Å². The number of nitrogens with one attached hydrogen (secondary N) is 1. The Morgan fingerprint density at radius 1 is 1.39 bits per heavy atom. The van der Waals surface area contributed by atoms with Crippen LogP contribution in [-0.4, -0.2) is 21.9 Å². The van der Waals surface area contributed by atoms with Crippen molar-refractivity contribution >= 4 is 17.4 Å². The lowest BCUT2D eigenvalue weighted by molar-refractivity contribution is 0.351. The van der Waals surface area contributed by atoms with Gasteiger partial charge in [0.15, 0.2) is 11.6 Å². The Balaban J connectivity index is 2.12. The minimum atomic E-state index is -0.320. The van der Waals surface area contributed by atoms with Crippen LogP contribution in [0.25, 0.3) is 0 Å². The molecule has 1 aliphatic rings. The quantitative estimate of drug-likeness (QED) is 0.853. The Morgan fingerprint density at radius 2 is 2.17 bits per heavy atom. The van der Waals surface area contributed by atoms with E-state index >= 15 is 0 Å². The monoisotopic (exact) mass is 271 g/mol. The average molecular weight is 272 g/mol. The van der Waals surface area contributed by atoms with Gasteiger partial charge in [-0.1, -0.05) is 19.8 Å². The van der Waals surface area contributed by atoms with Crippen molar-refractivity contribution in [1.29, 1.82) is 0 Å². The highest BCUT2D eigenvalue weighted by atomic mass is 35.5. The van der Waals surface area contributed by atoms with E-state index in [0.717, 1.165) is 12.8 Å². The lowest BCUT2D eigenvalue weighted by atomic mass is 9.86. The first-order valence-corrected chi connectivity index (χ1v) is 7.11. The first-order valence-electron chi connectivity index (χ1n) is 6.58. The smallest absolute Gasteiger partial charge is 0.186 e. The Morgan fingerprint density at radius 3 is 2.89 bits per heavy atom. The van der Waals surface area contributed by atoms with Gasteiger partial charge in [0.05, 0.1) is 5.69 Å². The average Bonchev–Trinajstić information content (AvgIpc) is 2.42.